The van der Waals surface area contributed by atoms with Gasteiger partial charge in [-0.15, -0.1) is 0 Å². The van der Waals surface area contributed by atoms with Crippen LogP contribution in [0.2, 0.25) is 5.02 Å². The molecule has 2 aromatic rings. The van der Waals surface area contributed by atoms with Crippen molar-refractivity contribution in [1.82, 2.24) is 4.98 Å². The molecule has 1 heterocycles. The topological polar surface area (TPSA) is 82.9 Å². The summed E-state index contributed by atoms with van der Waals surface area (Å²) in [7, 11) is 0. The number of carbonyl (C=O) groups excluding carboxylic acids is 1. The number of nitrogens with one attached hydrogen (secondary N) is 1. The molecule has 0 aliphatic carbocycles. The second-order valence-electron chi connectivity index (χ2n) is 3.83. The van der Waals surface area contributed by atoms with E-state index in [0.717, 1.165) is 12.3 Å². The normalized spacial score (nSPS) is 10.3. The maximum absolute atomic E-state index is 13.6. The number of hydrogen-bond donors (Lipinski definition) is 1. The van der Waals surface area contributed by atoms with Crippen LogP contribution in [0.25, 0.3) is 10.9 Å². The van der Waals surface area contributed by atoms with E-state index in [4.69, 9.17) is 21.6 Å². The molecule has 0 fully saturated rings. The van der Waals surface area contributed by atoms with E-state index in [9.17, 15) is 14.0 Å². The molecule has 0 saturated heterocycles. The summed E-state index contributed by atoms with van der Waals surface area (Å²) >= 11 is 5.67. The zero-order chi connectivity index (χ0) is 14.9. The van der Waals surface area contributed by atoms with E-state index in [2.05, 4.69) is 4.98 Å². The molecular weight excluding hydrogens is 287 g/mol. The molecule has 7 heteroatoms. The van der Waals surface area contributed by atoms with Crippen LogP contribution in [-0.4, -0.2) is 17.6 Å². The van der Waals surface area contributed by atoms with Gasteiger partial charge in [-0.25, -0.2) is 9.18 Å². The minimum absolute atomic E-state index is 0.0805. The first-order valence-corrected chi connectivity index (χ1v) is 5.99. The van der Waals surface area contributed by atoms with Crippen molar-refractivity contribution in [3.05, 3.63) is 44.5 Å². The lowest BCUT2D eigenvalue weighted by molar-refractivity contribution is 0.0524. The Morgan fingerprint density at radius 1 is 1.60 bits per heavy atom. The zero-order valence-electron chi connectivity index (χ0n) is 10.3. The molecule has 0 spiro atoms. The van der Waals surface area contributed by atoms with Crippen LogP contribution in [0.15, 0.2) is 17.1 Å². The Labute approximate surface area is 117 Å². The largest absolute Gasteiger partial charge is 0.462 e. The van der Waals surface area contributed by atoms with Crippen molar-refractivity contribution in [3.8, 4) is 6.07 Å². The minimum Gasteiger partial charge on any atom is -0.462 e. The summed E-state index contributed by atoms with van der Waals surface area (Å²) in [4.78, 5) is 26.3. The number of fused-ring (bicyclic) bond motifs is 1. The number of esters is 1. The predicted molar refractivity (Wildman–Crippen MR) is 70.2 cm³/mol. The van der Waals surface area contributed by atoms with Gasteiger partial charge in [0, 0.05) is 6.20 Å². The van der Waals surface area contributed by atoms with Crippen molar-refractivity contribution < 1.29 is 13.9 Å². The van der Waals surface area contributed by atoms with E-state index < -0.39 is 17.2 Å². The summed E-state index contributed by atoms with van der Waals surface area (Å²) in [5.74, 6) is -1.72. The third-order valence-electron chi connectivity index (χ3n) is 2.68. The Bertz CT molecular complexity index is 808. The molecule has 5 nitrogen and oxygen atoms in total. The van der Waals surface area contributed by atoms with Crippen LogP contribution in [0.1, 0.15) is 22.8 Å². The zero-order valence-corrected chi connectivity index (χ0v) is 11.0. The quantitative estimate of drug-likeness (QED) is 0.862. The number of nitrogens with zero attached hydrogens (tertiary/aromatic N) is 1. The van der Waals surface area contributed by atoms with Gasteiger partial charge in [0.25, 0.3) is 0 Å². The van der Waals surface area contributed by atoms with E-state index in [1.54, 1.807) is 13.0 Å². The van der Waals surface area contributed by atoms with Gasteiger partial charge in [0.1, 0.15) is 17.4 Å². The highest BCUT2D eigenvalue weighted by molar-refractivity contribution is 6.32. The number of aromatic nitrogens is 1. The van der Waals surface area contributed by atoms with Crippen LogP contribution in [0, 0.1) is 17.1 Å². The Morgan fingerprint density at radius 2 is 2.30 bits per heavy atom. The second-order valence-corrected chi connectivity index (χ2v) is 4.21. The Kier molecular flexibility index (Phi) is 3.72. The number of benzene rings is 1. The summed E-state index contributed by atoms with van der Waals surface area (Å²) < 4.78 is 18.3. The van der Waals surface area contributed by atoms with Crippen LogP contribution in [-0.2, 0) is 4.74 Å². The fraction of sp³-hybridized carbons (Fsp3) is 0.154. The molecular formula is C13H8ClFN2O3. The molecule has 0 saturated carbocycles. The third-order valence-corrected chi connectivity index (χ3v) is 3.05. The van der Waals surface area contributed by atoms with E-state index in [1.165, 1.54) is 0 Å². The number of nitriles is 1. The van der Waals surface area contributed by atoms with Crippen molar-refractivity contribution in [1.29, 1.82) is 5.26 Å². The maximum Gasteiger partial charge on any atom is 0.343 e. The van der Waals surface area contributed by atoms with Gasteiger partial charge in [-0.05, 0) is 13.0 Å². The number of pyridine rings is 1. The lowest BCUT2D eigenvalue weighted by Gasteiger charge is -2.06. The number of H-pyrrole nitrogens is 1. The van der Waals surface area contributed by atoms with Gasteiger partial charge in [0.15, 0.2) is 0 Å². The lowest BCUT2D eigenvalue weighted by Crippen LogP contribution is -2.18. The van der Waals surface area contributed by atoms with Crippen LogP contribution in [0.3, 0.4) is 0 Å². The van der Waals surface area contributed by atoms with E-state index in [1.807, 2.05) is 0 Å². The van der Waals surface area contributed by atoms with Crippen LogP contribution < -0.4 is 5.43 Å². The molecule has 1 aromatic carbocycles. The van der Waals surface area contributed by atoms with Gasteiger partial charge >= 0.3 is 5.97 Å². The number of rotatable bonds is 2. The van der Waals surface area contributed by atoms with Crippen LogP contribution in [0.5, 0.6) is 0 Å². The highest BCUT2D eigenvalue weighted by atomic mass is 35.5. The van der Waals surface area contributed by atoms with E-state index in [0.29, 0.717) is 0 Å². The van der Waals surface area contributed by atoms with Gasteiger partial charge in [-0.3, -0.25) is 4.79 Å². The number of aromatic amines is 1. The van der Waals surface area contributed by atoms with E-state index >= 15 is 0 Å². The predicted octanol–water partition coefficient (Wildman–Crippen LogP) is 2.37. The van der Waals surface area contributed by atoms with Crippen LogP contribution >= 0.6 is 11.6 Å². The standard InChI is InChI=1S/C13H8ClFN2O3/c1-2-20-13(19)8-5-17-11-6(12(8)18)3-9(15)10(14)7(11)4-16/h3,5H,2H2,1H3,(H,17,18). The Morgan fingerprint density at radius 3 is 2.90 bits per heavy atom. The Hall–Kier alpha value is -2.39. The van der Waals surface area contributed by atoms with Crippen molar-refractivity contribution in [2.75, 3.05) is 6.61 Å². The fourth-order valence-electron chi connectivity index (χ4n) is 1.78. The Balaban J connectivity index is 2.82. The van der Waals surface area contributed by atoms with Crippen molar-refractivity contribution in [2.24, 2.45) is 0 Å². The average molecular weight is 295 g/mol. The molecule has 2 rings (SSSR count). The third kappa shape index (κ3) is 2.12. The maximum atomic E-state index is 13.6. The van der Waals surface area contributed by atoms with Crippen molar-refractivity contribution >= 4 is 28.5 Å². The molecule has 0 aliphatic rings. The molecule has 1 aromatic heterocycles. The first kappa shape index (κ1) is 14.0. The van der Waals surface area contributed by atoms with Gasteiger partial charge in [0.2, 0.25) is 5.43 Å². The SMILES string of the molecule is CCOC(=O)c1c[nH]c2c(C#N)c(Cl)c(F)cc2c1=O. The lowest BCUT2D eigenvalue weighted by atomic mass is 10.1. The molecule has 0 amide bonds. The van der Waals surface area contributed by atoms with Crippen LogP contribution in [0.4, 0.5) is 4.39 Å². The van der Waals surface area contributed by atoms with Crippen molar-refractivity contribution in [2.45, 2.75) is 6.92 Å². The highest BCUT2D eigenvalue weighted by Gasteiger charge is 2.19. The molecule has 1 N–H and O–H groups in total. The molecule has 20 heavy (non-hydrogen) atoms. The van der Waals surface area contributed by atoms with Gasteiger partial charge in [0.05, 0.1) is 28.1 Å². The van der Waals surface area contributed by atoms with Gasteiger partial charge < -0.3 is 9.72 Å². The van der Waals surface area contributed by atoms with Gasteiger partial charge in [-0.1, -0.05) is 11.6 Å². The molecule has 0 radical (unpaired) electrons. The molecule has 0 aliphatic heterocycles. The molecule has 0 bridgehead atoms. The molecule has 102 valence electrons. The number of carbonyl (C=O) groups is 1. The number of halogens is 2. The summed E-state index contributed by atoms with van der Waals surface area (Å²) in [6, 6.07) is 2.61. The van der Waals surface area contributed by atoms with Gasteiger partial charge in [-0.2, -0.15) is 5.26 Å². The van der Waals surface area contributed by atoms with E-state index in [-0.39, 0.29) is 33.7 Å². The molecule has 0 unspecified atom stereocenters. The number of ether oxygens (including phenoxy) is 1. The highest BCUT2D eigenvalue weighted by Crippen LogP contribution is 2.25. The summed E-state index contributed by atoms with van der Waals surface area (Å²) in [6.07, 6.45) is 1.12. The average Bonchev–Trinajstić information content (AvgIpc) is 2.42. The first-order valence-electron chi connectivity index (χ1n) is 5.61. The first-order chi connectivity index (χ1) is 9.51. The smallest absolute Gasteiger partial charge is 0.343 e. The minimum atomic E-state index is -0.901. The number of hydrogen-bond acceptors (Lipinski definition) is 4. The van der Waals surface area contributed by atoms with Crippen molar-refractivity contribution in [3.63, 3.8) is 0 Å². The summed E-state index contributed by atoms with van der Waals surface area (Å²) in [5.41, 5.74) is -1.08. The summed E-state index contributed by atoms with van der Waals surface area (Å²) in [5, 5.41) is 8.47. The monoisotopic (exact) mass is 294 g/mol. The molecule has 0 atom stereocenters. The summed E-state index contributed by atoms with van der Waals surface area (Å²) in [6.45, 7) is 1.70. The fourth-order valence-corrected chi connectivity index (χ4v) is 1.97. The second kappa shape index (κ2) is 5.31.